The van der Waals surface area contributed by atoms with Crippen LogP contribution in [0.25, 0.3) is 0 Å². The Hall–Kier alpha value is -2.65. The summed E-state index contributed by atoms with van der Waals surface area (Å²) < 4.78 is 40.3. The van der Waals surface area contributed by atoms with Gasteiger partial charge < -0.3 is 9.80 Å². The summed E-state index contributed by atoms with van der Waals surface area (Å²) in [7, 11) is 0. The molecule has 1 heterocycles. The number of halogens is 3. The van der Waals surface area contributed by atoms with E-state index in [9.17, 15) is 32.9 Å². The minimum absolute atomic E-state index is 0.0593. The van der Waals surface area contributed by atoms with E-state index in [2.05, 4.69) is 0 Å². The van der Waals surface area contributed by atoms with E-state index in [0.29, 0.717) is 12.5 Å². The first-order chi connectivity index (χ1) is 10.4. The summed E-state index contributed by atoms with van der Waals surface area (Å²) in [6.07, 6.45) is 0.588. The molecule has 2 rings (SSSR count). The number of hydrogen-bond acceptors (Lipinski definition) is 4. The normalized spacial score (nSPS) is 14.9. The number of carbonyl (C=O) groups is 2. The monoisotopic (exact) mass is 317 g/mol. The molecule has 1 aromatic carbocycles. The molecule has 0 saturated carbocycles. The standard InChI is InChI=1S/C12H10F3N3O4/c13-9-7(5-8(18(21)22)10(14)11(9)15)12(20)17-3-1-16(6-19)2-4-17/h5-6H,1-4H2. The van der Waals surface area contributed by atoms with Crippen LogP contribution in [0.5, 0.6) is 0 Å². The van der Waals surface area contributed by atoms with Gasteiger partial charge in [0, 0.05) is 32.2 Å². The third kappa shape index (κ3) is 2.71. The second-order valence-electron chi connectivity index (χ2n) is 4.58. The Kier molecular flexibility index (Phi) is 4.29. The van der Waals surface area contributed by atoms with E-state index in [1.807, 2.05) is 0 Å². The highest BCUT2D eigenvalue weighted by molar-refractivity contribution is 5.95. The third-order valence-electron chi connectivity index (χ3n) is 3.31. The molecule has 22 heavy (non-hydrogen) atoms. The maximum Gasteiger partial charge on any atom is 0.308 e. The number of amides is 2. The van der Waals surface area contributed by atoms with Crippen molar-refractivity contribution >= 4 is 18.0 Å². The lowest BCUT2D eigenvalue weighted by Crippen LogP contribution is -2.48. The molecule has 0 bridgehead atoms. The summed E-state index contributed by atoms with van der Waals surface area (Å²) in [5.74, 6) is -6.79. The molecule has 1 aliphatic heterocycles. The molecule has 0 atom stereocenters. The molecule has 0 unspecified atom stereocenters. The van der Waals surface area contributed by atoms with Gasteiger partial charge in [-0.1, -0.05) is 0 Å². The van der Waals surface area contributed by atoms with Gasteiger partial charge in [-0.25, -0.2) is 8.78 Å². The number of benzene rings is 1. The molecule has 0 N–H and O–H groups in total. The van der Waals surface area contributed by atoms with E-state index in [0.717, 1.165) is 4.90 Å². The molecule has 0 radical (unpaired) electrons. The zero-order chi connectivity index (χ0) is 16.4. The van der Waals surface area contributed by atoms with Crippen LogP contribution in [-0.2, 0) is 4.79 Å². The fourth-order valence-corrected chi connectivity index (χ4v) is 2.08. The summed E-state index contributed by atoms with van der Waals surface area (Å²) >= 11 is 0. The lowest BCUT2D eigenvalue weighted by Gasteiger charge is -2.32. The van der Waals surface area contributed by atoms with Crippen LogP contribution < -0.4 is 0 Å². The van der Waals surface area contributed by atoms with Crippen molar-refractivity contribution in [1.82, 2.24) is 9.80 Å². The molecule has 7 nitrogen and oxygen atoms in total. The van der Waals surface area contributed by atoms with E-state index in [1.165, 1.54) is 4.90 Å². The molecule has 1 fully saturated rings. The quantitative estimate of drug-likeness (QED) is 0.359. The average Bonchev–Trinajstić information content (AvgIpc) is 2.52. The van der Waals surface area contributed by atoms with Gasteiger partial charge in [0.15, 0.2) is 5.82 Å². The lowest BCUT2D eigenvalue weighted by atomic mass is 10.1. The predicted octanol–water partition coefficient (Wildman–Crippen LogP) is 0.926. The van der Waals surface area contributed by atoms with Crippen molar-refractivity contribution in [2.24, 2.45) is 0 Å². The van der Waals surface area contributed by atoms with Gasteiger partial charge in [-0.05, 0) is 0 Å². The molecule has 1 aromatic rings. The Bertz CT molecular complexity index is 645. The molecule has 0 aliphatic carbocycles. The van der Waals surface area contributed by atoms with Gasteiger partial charge in [0.1, 0.15) is 0 Å². The molecule has 0 aromatic heterocycles. The molecule has 10 heteroatoms. The Morgan fingerprint density at radius 3 is 2.23 bits per heavy atom. The number of nitro benzene ring substituents is 1. The maximum atomic E-state index is 13.7. The number of rotatable bonds is 3. The van der Waals surface area contributed by atoms with Gasteiger partial charge in [-0.2, -0.15) is 4.39 Å². The van der Waals surface area contributed by atoms with E-state index in [4.69, 9.17) is 0 Å². The van der Waals surface area contributed by atoms with Crippen LogP contribution in [0.3, 0.4) is 0 Å². The smallest absolute Gasteiger partial charge is 0.308 e. The van der Waals surface area contributed by atoms with Crippen LogP contribution in [0.1, 0.15) is 10.4 Å². The molecule has 1 aliphatic rings. The van der Waals surface area contributed by atoms with Gasteiger partial charge >= 0.3 is 5.69 Å². The molecule has 0 spiro atoms. The first kappa shape index (κ1) is 15.7. The van der Waals surface area contributed by atoms with Crippen molar-refractivity contribution in [3.05, 3.63) is 39.2 Å². The van der Waals surface area contributed by atoms with Gasteiger partial charge in [0.25, 0.3) is 5.91 Å². The van der Waals surface area contributed by atoms with Crippen LogP contribution in [0.2, 0.25) is 0 Å². The van der Waals surface area contributed by atoms with E-state index >= 15 is 0 Å². The highest BCUT2D eigenvalue weighted by Crippen LogP contribution is 2.26. The summed E-state index contributed by atoms with van der Waals surface area (Å²) in [6, 6.07) is 0.377. The summed E-state index contributed by atoms with van der Waals surface area (Å²) in [5, 5.41) is 10.6. The number of carbonyl (C=O) groups excluding carboxylic acids is 2. The summed E-state index contributed by atoms with van der Waals surface area (Å²) in [4.78, 5) is 34.6. The SMILES string of the molecule is O=CN1CCN(C(=O)c2cc([N+](=O)[O-])c(F)c(F)c2F)CC1. The van der Waals surface area contributed by atoms with E-state index in [1.54, 1.807) is 0 Å². The molecule has 1 saturated heterocycles. The number of nitrogens with zero attached hydrogens (tertiary/aromatic N) is 3. The number of nitro groups is 1. The van der Waals surface area contributed by atoms with E-state index in [-0.39, 0.29) is 26.2 Å². The second-order valence-corrected chi connectivity index (χ2v) is 4.58. The first-order valence-electron chi connectivity index (χ1n) is 6.17. The molecular formula is C12H10F3N3O4. The Morgan fingerprint density at radius 1 is 1.14 bits per heavy atom. The molecule has 2 amide bonds. The zero-order valence-corrected chi connectivity index (χ0v) is 11.1. The van der Waals surface area contributed by atoms with Gasteiger partial charge in [-0.3, -0.25) is 19.7 Å². The van der Waals surface area contributed by atoms with Crippen LogP contribution in [0.15, 0.2) is 6.07 Å². The predicted molar refractivity (Wildman–Crippen MR) is 66.5 cm³/mol. The van der Waals surface area contributed by atoms with Crippen molar-refractivity contribution in [3.8, 4) is 0 Å². The zero-order valence-electron chi connectivity index (χ0n) is 11.1. The van der Waals surface area contributed by atoms with Crippen molar-refractivity contribution in [2.45, 2.75) is 0 Å². The Balaban J connectivity index is 2.34. The van der Waals surface area contributed by atoms with E-state index < -0.39 is 39.5 Å². The minimum atomic E-state index is -2.07. The summed E-state index contributed by atoms with van der Waals surface area (Å²) in [5.41, 5.74) is -2.22. The van der Waals surface area contributed by atoms with Crippen LogP contribution >= 0.6 is 0 Å². The Labute approximate surface area is 122 Å². The molecular weight excluding hydrogens is 307 g/mol. The highest BCUT2D eigenvalue weighted by atomic mass is 19.2. The maximum absolute atomic E-state index is 13.7. The average molecular weight is 317 g/mol. The largest absolute Gasteiger partial charge is 0.342 e. The van der Waals surface area contributed by atoms with Crippen molar-refractivity contribution < 1.29 is 27.7 Å². The fourth-order valence-electron chi connectivity index (χ4n) is 2.08. The van der Waals surface area contributed by atoms with Crippen molar-refractivity contribution in [1.29, 1.82) is 0 Å². The highest BCUT2D eigenvalue weighted by Gasteiger charge is 2.31. The van der Waals surface area contributed by atoms with Crippen molar-refractivity contribution in [2.75, 3.05) is 26.2 Å². The van der Waals surface area contributed by atoms with Crippen LogP contribution in [0.4, 0.5) is 18.9 Å². The van der Waals surface area contributed by atoms with Crippen molar-refractivity contribution in [3.63, 3.8) is 0 Å². The number of piperazine rings is 1. The molecule has 118 valence electrons. The Morgan fingerprint density at radius 2 is 1.73 bits per heavy atom. The number of hydrogen-bond donors (Lipinski definition) is 0. The van der Waals surface area contributed by atoms with Crippen LogP contribution in [-0.4, -0.2) is 53.2 Å². The minimum Gasteiger partial charge on any atom is -0.342 e. The summed E-state index contributed by atoms with van der Waals surface area (Å²) in [6.45, 7) is 0.513. The fraction of sp³-hybridized carbons (Fsp3) is 0.333. The van der Waals surface area contributed by atoms with Gasteiger partial charge in [0.05, 0.1) is 10.5 Å². The third-order valence-corrected chi connectivity index (χ3v) is 3.31. The first-order valence-corrected chi connectivity index (χ1v) is 6.17. The lowest BCUT2D eigenvalue weighted by molar-refractivity contribution is -0.387. The second kappa shape index (κ2) is 6.00. The van der Waals surface area contributed by atoms with Gasteiger partial charge in [-0.15, -0.1) is 0 Å². The van der Waals surface area contributed by atoms with Gasteiger partial charge in [0.2, 0.25) is 18.0 Å². The topological polar surface area (TPSA) is 83.8 Å². The van der Waals surface area contributed by atoms with Crippen LogP contribution in [0, 0.1) is 27.6 Å².